The van der Waals surface area contributed by atoms with Crippen LogP contribution in [0.1, 0.15) is 26.5 Å². The van der Waals surface area contributed by atoms with Gasteiger partial charge in [0.05, 0.1) is 36.7 Å². The molecule has 0 spiro atoms. The first kappa shape index (κ1) is 21.2. The highest BCUT2D eigenvalue weighted by Gasteiger charge is 2.45. The molecule has 0 saturated carbocycles. The molecule has 0 unspecified atom stereocenters. The molecular formula is C20H22F3N5O3. The topological polar surface area (TPSA) is 90.7 Å². The van der Waals surface area contributed by atoms with E-state index >= 15 is 0 Å². The van der Waals surface area contributed by atoms with Crippen LogP contribution in [0.2, 0.25) is 0 Å². The van der Waals surface area contributed by atoms with Gasteiger partial charge < -0.3 is 20.2 Å². The van der Waals surface area contributed by atoms with E-state index in [1.54, 1.807) is 18.5 Å². The SMILES string of the molecule is C[C@H]1[C@@H](O)C(=O)N(c2cnn3c2CN(C(=O)Nc2cc(F)c(F)c(F)c2)[C@@H](C)C3)[C@H]1C. The first-order valence-corrected chi connectivity index (χ1v) is 9.88. The zero-order valence-electron chi connectivity index (χ0n) is 17.1. The summed E-state index contributed by atoms with van der Waals surface area (Å²) in [6, 6.07) is 0.197. The lowest BCUT2D eigenvalue weighted by Gasteiger charge is -2.35. The Balaban J connectivity index is 1.59. The van der Waals surface area contributed by atoms with Gasteiger partial charge in [0.1, 0.15) is 6.10 Å². The van der Waals surface area contributed by atoms with E-state index in [0.29, 0.717) is 30.1 Å². The molecule has 8 nitrogen and oxygen atoms in total. The van der Waals surface area contributed by atoms with E-state index in [4.69, 9.17) is 0 Å². The maximum absolute atomic E-state index is 13.5. The highest BCUT2D eigenvalue weighted by atomic mass is 19.2. The molecule has 1 aromatic carbocycles. The molecule has 0 radical (unpaired) electrons. The number of amides is 3. The van der Waals surface area contributed by atoms with Crippen LogP contribution < -0.4 is 10.2 Å². The molecule has 166 valence electrons. The van der Waals surface area contributed by atoms with E-state index in [0.717, 1.165) is 0 Å². The average molecular weight is 437 g/mol. The van der Waals surface area contributed by atoms with E-state index in [-0.39, 0.29) is 30.2 Å². The fraction of sp³-hybridized carbons (Fsp3) is 0.450. The van der Waals surface area contributed by atoms with Crippen LogP contribution in [0.15, 0.2) is 18.3 Å². The van der Waals surface area contributed by atoms with Gasteiger partial charge in [0, 0.05) is 29.8 Å². The van der Waals surface area contributed by atoms with Crippen molar-refractivity contribution in [1.29, 1.82) is 0 Å². The number of halogens is 3. The largest absolute Gasteiger partial charge is 0.383 e. The monoisotopic (exact) mass is 437 g/mol. The third-order valence-electron chi connectivity index (χ3n) is 6.13. The van der Waals surface area contributed by atoms with Crippen LogP contribution in [0.4, 0.5) is 29.3 Å². The van der Waals surface area contributed by atoms with E-state index in [1.165, 1.54) is 16.0 Å². The summed E-state index contributed by atoms with van der Waals surface area (Å²) < 4.78 is 41.8. The number of carbonyl (C=O) groups excluding carboxylic acids is 2. The summed E-state index contributed by atoms with van der Waals surface area (Å²) in [5.41, 5.74) is 0.892. The molecule has 11 heteroatoms. The number of aliphatic hydroxyl groups is 1. The molecule has 3 amide bonds. The fourth-order valence-electron chi connectivity index (χ4n) is 4.09. The van der Waals surface area contributed by atoms with Gasteiger partial charge >= 0.3 is 6.03 Å². The molecule has 4 atom stereocenters. The van der Waals surface area contributed by atoms with Gasteiger partial charge in [-0.2, -0.15) is 5.10 Å². The lowest BCUT2D eigenvalue weighted by Crippen LogP contribution is -2.47. The lowest BCUT2D eigenvalue weighted by atomic mass is 10.0. The van der Waals surface area contributed by atoms with Crippen LogP contribution in [0, 0.1) is 23.4 Å². The molecule has 1 aromatic heterocycles. The molecule has 2 aliphatic heterocycles. The van der Waals surface area contributed by atoms with Crippen LogP contribution >= 0.6 is 0 Å². The zero-order chi connectivity index (χ0) is 22.6. The van der Waals surface area contributed by atoms with Crippen molar-refractivity contribution < 1.29 is 27.9 Å². The summed E-state index contributed by atoms with van der Waals surface area (Å²) in [6.07, 6.45) is 0.420. The van der Waals surface area contributed by atoms with Crippen molar-refractivity contribution in [2.75, 3.05) is 10.2 Å². The van der Waals surface area contributed by atoms with Crippen LogP contribution in [0.5, 0.6) is 0 Å². The average Bonchev–Trinajstić information content (AvgIpc) is 3.19. The molecule has 31 heavy (non-hydrogen) atoms. The predicted molar refractivity (Wildman–Crippen MR) is 105 cm³/mol. The Labute approximate surface area is 176 Å². The lowest BCUT2D eigenvalue weighted by molar-refractivity contribution is -0.125. The smallest absolute Gasteiger partial charge is 0.322 e. The number of anilines is 2. The first-order valence-electron chi connectivity index (χ1n) is 9.88. The van der Waals surface area contributed by atoms with E-state index in [1.807, 2.05) is 6.92 Å². The molecular weight excluding hydrogens is 415 g/mol. The van der Waals surface area contributed by atoms with E-state index in [2.05, 4.69) is 10.4 Å². The van der Waals surface area contributed by atoms with Gasteiger partial charge in [0.2, 0.25) is 0 Å². The Bertz CT molecular complexity index is 1040. The quantitative estimate of drug-likeness (QED) is 0.707. The third-order valence-corrected chi connectivity index (χ3v) is 6.13. The number of benzene rings is 1. The zero-order valence-corrected chi connectivity index (χ0v) is 17.1. The fourth-order valence-corrected chi connectivity index (χ4v) is 4.09. The second-order valence-electron chi connectivity index (χ2n) is 8.07. The Morgan fingerprint density at radius 2 is 1.84 bits per heavy atom. The van der Waals surface area contributed by atoms with Crippen LogP contribution in [0.3, 0.4) is 0 Å². The molecule has 4 rings (SSSR count). The number of nitrogens with zero attached hydrogens (tertiary/aromatic N) is 4. The molecule has 2 N–H and O–H groups in total. The molecule has 3 heterocycles. The number of hydrogen-bond donors (Lipinski definition) is 2. The van der Waals surface area contributed by atoms with Crippen molar-refractivity contribution in [1.82, 2.24) is 14.7 Å². The highest BCUT2D eigenvalue weighted by molar-refractivity contribution is 6.00. The second-order valence-corrected chi connectivity index (χ2v) is 8.07. The number of rotatable bonds is 2. The maximum atomic E-state index is 13.5. The molecule has 1 fully saturated rings. The van der Waals surface area contributed by atoms with E-state index < -0.39 is 35.5 Å². The Kier molecular flexibility index (Phi) is 5.16. The van der Waals surface area contributed by atoms with Gasteiger partial charge in [-0.3, -0.25) is 9.48 Å². The minimum absolute atomic E-state index is 0.0788. The number of urea groups is 1. The standard InChI is InChI=1S/C20H22F3N5O3/c1-9-7-27-16(15(6-24-27)28-11(3)10(2)18(29)19(28)30)8-26(9)20(31)25-12-4-13(21)17(23)14(22)5-12/h4-6,9-11,18,29H,7-8H2,1-3H3,(H,25,31)/t9-,10+,11-,18+/m0/s1. The van der Waals surface area contributed by atoms with Gasteiger partial charge in [0.15, 0.2) is 17.5 Å². The maximum Gasteiger partial charge on any atom is 0.322 e. The number of hydrogen-bond acceptors (Lipinski definition) is 4. The first-order chi connectivity index (χ1) is 14.6. The van der Waals surface area contributed by atoms with Crippen LogP contribution in [-0.4, -0.2) is 49.9 Å². The summed E-state index contributed by atoms with van der Waals surface area (Å²) >= 11 is 0. The summed E-state index contributed by atoms with van der Waals surface area (Å²) in [6.45, 7) is 5.81. The Morgan fingerprint density at radius 1 is 1.19 bits per heavy atom. The van der Waals surface area contributed by atoms with Crippen molar-refractivity contribution in [3.05, 3.63) is 41.5 Å². The number of aromatic nitrogens is 2. The Morgan fingerprint density at radius 3 is 2.42 bits per heavy atom. The summed E-state index contributed by atoms with van der Waals surface area (Å²) in [4.78, 5) is 28.3. The number of fused-ring (bicyclic) bond motifs is 1. The van der Waals surface area contributed by atoms with Crippen LogP contribution in [0.25, 0.3) is 0 Å². The second kappa shape index (κ2) is 7.56. The minimum atomic E-state index is -1.61. The van der Waals surface area contributed by atoms with E-state index in [9.17, 15) is 27.9 Å². The van der Waals surface area contributed by atoms with Crippen molar-refractivity contribution in [2.24, 2.45) is 5.92 Å². The van der Waals surface area contributed by atoms with Gasteiger partial charge in [-0.25, -0.2) is 18.0 Å². The molecule has 2 aliphatic rings. The van der Waals surface area contributed by atoms with Gasteiger partial charge in [-0.1, -0.05) is 6.92 Å². The molecule has 0 aliphatic carbocycles. The van der Waals surface area contributed by atoms with Crippen LogP contribution in [-0.2, 0) is 17.9 Å². The number of aliphatic hydroxyl groups excluding tert-OH is 1. The van der Waals surface area contributed by atoms with Gasteiger partial charge in [0.25, 0.3) is 5.91 Å². The number of nitrogens with one attached hydrogen (secondary N) is 1. The number of carbonyl (C=O) groups is 2. The predicted octanol–water partition coefficient (Wildman–Crippen LogP) is 2.47. The summed E-state index contributed by atoms with van der Waals surface area (Å²) in [5.74, 6) is -5.12. The van der Waals surface area contributed by atoms with Crippen molar-refractivity contribution in [3.63, 3.8) is 0 Å². The molecule has 1 saturated heterocycles. The molecule has 0 bridgehead atoms. The Hall–Kier alpha value is -3.08. The van der Waals surface area contributed by atoms with Gasteiger partial charge in [-0.05, 0) is 13.8 Å². The van der Waals surface area contributed by atoms with Gasteiger partial charge in [-0.15, -0.1) is 0 Å². The highest BCUT2D eigenvalue weighted by Crippen LogP contribution is 2.35. The third kappa shape index (κ3) is 3.42. The molecule has 2 aromatic rings. The minimum Gasteiger partial charge on any atom is -0.383 e. The van der Waals surface area contributed by atoms with Crippen molar-refractivity contribution >= 4 is 23.3 Å². The van der Waals surface area contributed by atoms with Crippen molar-refractivity contribution in [3.8, 4) is 0 Å². The normalized spacial score (nSPS) is 25.7. The summed E-state index contributed by atoms with van der Waals surface area (Å²) in [5, 5.41) is 16.8. The summed E-state index contributed by atoms with van der Waals surface area (Å²) in [7, 11) is 0. The van der Waals surface area contributed by atoms with Crippen molar-refractivity contribution in [2.45, 2.75) is 52.0 Å².